The van der Waals surface area contributed by atoms with Crippen molar-refractivity contribution in [2.45, 2.75) is 65.0 Å². The van der Waals surface area contributed by atoms with Gasteiger partial charge >= 0.3 is 0 Å². The molecular weight excluding hydrogens is 270 g/mol. The van der Waals surface area contributed by atoms with Gasteiger partial charge in [-0.05, 0) is 33.6 Å². The molecule has 0 unspecified atom stereocenters. The summed E-state index contributed by atoms with van der Waals surface area (Å²) < 4.78 is 0. The number of hydrogen-bond acceptors (Lipinski definition) is 4. The van der Waals surface area contributed by atoms with E-state index in [-0.39, 0.29) is 11.9 Å². The highest BCUT2D eigenvalue weighted by Gasteiger charge is 2.20. The summed E-state index contributed by atoms with van der Waals surface area (Å²) >= 11 is 1.75. The zero-order valence-electron chi connectivity index (χ0n) is 12.7. The topological polar surface area (TPSA) is 54.0 Å². The molecule has 0 aromatic carbocycles. The van der Waals surface area contributed by atoms with Crippen LogP contribution in [0.5, 0.6) is 0 Å². The highest BCUT2D eigenvalue weighted by molar-refractivity contribution is 7.11. The molecule has 1 aromatic rings. The van der Waals surface area contributed by atoms with Crippen molar-refractivity contribution in [3.05, 3.63) is 15.6 Å². The SMILES string of the molecule is Cc1nc(CCN[C@H](C)C(=O)NC2CCCC2)sc1C. The first-order chi connectivity index (χ1) is 9.56. The maximum Gasteiger partial charge on any atom is 0.237 e. The summed E-state index contributed by atoms with van der Waals surface area (Å²) in [5.74, 6) is 0.128. The molecule has 1 amide bonds. The molecule has 0 aliphatic heterocycles. The van der Waals surface area contributed by atoms with E-state index >= 15 is 0 Å². The maximum atomic E-state index is 12.0. The lowest BCUT2D eigenvalue weighted by Gasteiger charge is -2.17. The predicted octanol–water partition coefficient (Wildman–Crippen LogP) is 2.34. The third-order valence-electron chi connectivity index (χ3n) is 3.96. The van der Waals surface area contributed by atoms with Crippen LogP contribution in [0.3, 0.4) is 0 Å². The highest BCUT2D eigenvalue weighted by Crippen LogP contribution is 2.18. The predicted molar refractivity (Wildman–Crippen MR) is 83.2 cm³/mol. The monoisotopic (exact) mass is 295 g/mol. The molecule has 20 heavy (non-hydrogen) atoms. The molecule has 1 aliphatic carbocycles. The molecule has 0 bridgehead atoms. The van der Waals surface area contributed by atoms with Crippen LogP contribution < -0.4 is 10.6 Å². The fourth-order valence-corrected chi connectivity index (χ4v) is 3.46. The number of carbonyl (C=O) groups is 1. The molecule has 0 saturated heterocycles. The smallest absolute Gasteiger partial charge is 0.237 e. The molecule has 4 nitrogen and oxygen atoms in total. The molecule has 1 atom stereocenters. The number of carbonyl (C=O) groups excluding carboxylic acids is 1. The molecule has 112 valence electrons. The summed E-state index contributed by atoms with van der Waals surface area (Å²) in [6, 6.07) is 0.272. The lowest BCUT2D eigenvalue weighted by Crippen LogP contribution is -2.46. The lowest BCUT2D eigenvalue weighted by molar-refractivity contribution is -0.123. The normalized spacial score (nSPS) is 17.4. The van der Waals surface area contributed by atoms with E-state index in [4.69, 9.17) is 0 Å². The van der Waals surface area contributed by atoms with Crippen molar-refractivity contribution in [2.24, 2.45) is 0 Å². The van der Waals surface area contributed by atoms with Gasteiger partial charge in [0.2, 0.25) is 5.91 Å². The fourth-order valence-electron chi connectivity index (χ4n) is 2.53. The van der Waals surface area contributed by atoms with Gasteiger partial charge < -0.3 is 10.6 Å². The first-order valence-electron chi connectivity index (χ1n) is 7.53. The molecule has 1 saturated carbocycles. The quantitative estimate of drug-likeness (QED) is 0.847. The molecular formula is C15H25N3OS. The van der Waals surface area contributed by atoms with E-state index in [1.807, 2.05) is 13.8 Å². The molecule has 1 aliphatic rings. The Hall–Kier alpha value is -0.940. The molecule has 1 aromatic heterocycles. The van der Waals surface area contributed by atoms with Gasteiger partial charge in [0, 0.05) is 23.9 Å². The van der Waals surface area contributed by atoms with Gasteiger partial charge in [-0.3, -0.25) is 4.79 Å². The van der Waals surface area contributed by atoms with E-state index < -0.39 is 0 Å². The molecule has 5 heteroatoms. The van der Waals surface area contributed by atoms with E-state index in [0.29, 0.717) is 6.04 Å². The number of hydrogen-bond donors (Lipinski definition) is 2. The first-order valence-corrected chi connectivity index (χ1v) is 8.34. The number of nitrogens with zero attached hydrogens (tertiary/aromatic N) is 1. The molecule has 1 fully saturated rings. The minimum atomic E-state index is -0.127. The van der Waals surface area contributed by atoms with E-state index in [0.717, 1.165) is 36.5 Å². The van der Waals surface area contributed by atoms with E-state index in [9.17, 15) is 4.79 Å². The zero-order chi connectivity index (χ0) is 14.5. The van der Waals surface area contributed by atoms with Crippen molar-refractivity contribution < 1.29 is 4.79 Å². The molecule has 0 radical (unpaired) electrons. The number of nitrogens with one attached hydrogen (secondary N) is 2. The van der Waals surface area contributed by atoms with Gasteiger partial charge in [-0.25, -0.2) is 4.98 Å². The van der Waals surface area contributed by atoms with Crippen molar-refractivity contribution in [3.8, 4) is 0 Å². The summed E-state index contributed by atoms with van der Waals surface area (Å²) in [5.41, 5.74) is 1.12. The van der Waals surface area contributed by atoms with Gasteiger partial charge in [0.1, 0.15) is 0 Å². The van der Waals surface area contributed by atoms with Gasteiger partial charge in [-0.1, -0.05) is 12.8 Å². The fraction of sp³-hybridized carbons (Fsp3) is 0.733. The van der Waals surface area contributed by atoms with Crippen LogP contribution in [0, 0.1) is 13.8 Å². The lowest BCUT2D eigenvalue weighted by atomic mass is 10.2. The second kappa shape index (κ2) is 7.18. The van der Waals surface area contributed by atoms with E-state index in [1.165, 1.54) is 17.7 Å². The second-order valence-corrected chi connectivity index (χ2v) is 6.95. The van der Waals surface area contributed by atoms with Crippen LogP contribution in [0.4, 0.5) is 0 Å². The number of amides is 1. The third-order valence-corrected chi connectivity index (χ3v) is 5.09. The molecule has 1 heterocycles. The third kappa shape index (κ3) is 4.28. The van der Waals surface area contributed by atoms with Crippen LogP contribution in [0.2, 0.25) is 0 Å². The van der Waals surface area contributed by atoms with Gasteiger partial charge in [0.15, 0.2) is 0 Å². The van der Waals surface area contributed by atoms with Crippen LogP contribution in [0.1, 0.15) is 48.2 Å². The highest BCUT2D eigenvalue weighted by atomic mass is 32.1. The Kier molecular flexibility index (Phi) is 5.54. The van der Waals surface area contributed by atoms with E-state index in [1.54, 1.807) is 11.3 Å². The van der Waals surface area contributed by atoms with Gasteiger partial charge in [-0.15, -0.1) is 11.3 Å². The minimum absolute atomic E-state index is 0.127. The first kappa shape index (κ1) is 15.4. The van der Waals surface area contributed by atoms with Crippen LogP contribution in [0.25, 0.3) is 0 Å². The van der Waals surface area contributed by atoms with Crippen molar-refractivity contribution in [2.75, 3.05) is 6.54 Å². The maximum absolute atomic E-state index is 12.0. The van der Waals surface area contributed by atoms with Crippen LogP contribution in [-0.4, -0.2) is 29.5 Å². The van der Waals surface area contributed by atoms with Gasteiger partial charge in [0.05, 0.1) is 16.7 Å². The molecule has 2 N–H and O–H groups in total. The van der Waals surface area contributed by atoms with Crippen LogP contribution in [0.15, 0.2) is 0 Å². The van der Waals surface area contributed by atoms with Crippen LogP contribution in [-0.2, 0) is 11.2 Å². The molecule has 2 rings (SSSR count). The van der Waals surface area contributed by atoms with Crippen molar-refractivity contribution >= 4 is 17.2 Å². The Balaban J connectivity index is 1.68. The van der Waals surface area contributed by atoms with Crippen LogP contribution >= 0.6 is 11.3 Å². The molecule has 0 spiro atoms. The Morgan fingerprint density at radius 3 is 2.70 bits per heavy atom. The van der Waals surface area contributed by atoms with Gasteiger partial charge in [0.25, 0.3) is 0 Å². The number of aromatic nitrogens is 1. The Labute approximate surface area is 125 Å². The second-order valence-electron chi connectivity index (χ2n) is 5.66. The van der Waals surface area contributed by atoms with Crippen molar-refractivity contribution in [3.63, 3.8) is 0 Å². The summed E-state index contributed by atoms with van der Waals surface area (Å²) in [7, 11) is 0. The summed E-state index contributed by atoms with van der Waals surface area (Å²) in [4.78, 5) is 17.8. The summed E-state index contributed by atoms with van der Waals surface area (Å²) in [5, 5.41) is 7.56. The number of aryl methyl sites for hydroxylation is 2. The van der Waals surface area contributed by atoms with Gasteiger partial charge in [-0.2, -0.15) is 0 Å². The minimum Gasteiger partial charge on any atom is -0.352 e. The van der Waals surface area contributed by atoms with Crippen molar-refractivity contribution in [1.82, 2.24) is 15.6 Å². The zero-order valence-corrected chi connectivity index (χ0v) is 13.5. The Bertz CT molecular complexity index is 432. The number of thiazole rings is 1. The largest absolute Gasteiger partial charge is 0.352 e. The summed E-state index contributed by atoms with van der Waals surface area (Å²) in [6.07, 6.45) is 5.65. The van der Waals surface area contributed by atoms with Crippen molar-refractivity contribution in [1.29, 1.82) is 0 Å². The Morgan fingerprint density at radius 2 is 2.10 bits per heavy atom. The van der Waals surface area contributed by atoms with E-state index in [2.05, 4.69) is 22.5 Å². The average Bonchev–Trinajstić information content (AvgIpc) is 3.00. The summed E-state index contributed by atoms with van der Waals surface area (Å²) in [6.45, 7) is 6.87. The number of rotatable bonds is 6. The Morgan fingerprint density at radius 1 is 1.40 bits per heavy atom. The standard InChI is InChI=1S/C15H25N3OS/c1-10-12(3)20-14(17-10)8-9-16-11(2)15(19)18-13-6-4-5-7-13/h11,13,16H,4-9H2,1-3H3,(H,18,19)/t11-/m1/s1. The average molecular weight is 295 g/mol.